The maximum Gasteiger partial charge on any atom is 0.283 e. The van der Waals surface area contributed by atoms with E-state index < -0.39 is 5.91 Å². The van der Waals surface area contributed by atoms with Crippen LogP contribution in [0.25, 0.3) is 10.9 Å². The molecule has 2 heterocycles. The van der Waals surface area contributed by atoms with Crippen LogP contribution in [0.5, 0.6) is 5.88 Å². The summed E-state index contributed by atoms with van der Waals surface area (Å²) in [6.45, 7) is 3.26. The molecule has 0 radical (unpaired) electrons. The Morgan fingerprint density at radius 2 is 1.89 bits per heavy atom. The second-order valence-electron chi connectivity index (χ2n) is 6.46. The van der Waals surface area contributed by atoms with Crippen LogP contribution in [0, 0.1) is 0 Å². The van der Waals surface area contributed by atoms with Crippen LogP contribution >= 0.6 is 0 Å². The van der Waals surface area contributed by atoms with Crippen molar-refractivity contribution in [1.82, 2.24) is 4.98 Å². The fourth-order valence-corrected chi connectivity index (χ4v) is 3.14. The van der Waals surface area contributed by atoms with Crippen LogP contribution in [0.15, 0.2) is 58.8 Å². The number of benzene rings is 2. The van der Waals surface area contributed by atoms with Crippen molar-refractivity contribution in [3.63, 3.8) is 0 Å². The Kier molecular flexibility index (Phi) is 5.20. The molecule has 144 valence electrons. The van der Waals surface area contributed by atoms with Crippen LogP contribution in [-0.2, 0) is 9.53 Å². The average Bonchev–Trinajstić information content (AvgIpc) is 3.06. The van der Waals surface area contributed by atoms with Gasteiger partial charge in [0.1, 0.15) is 0 Å². The van der Waals surface area contributed by atoms with E-state index in [1.807, 2.05) is 42.5 Å². The number of carbonyl (C=O) groups excluding carboxylic acids is 1. The molecule has 3 aromatic rings. The van der Waals surface area contributed by atoms with E-state index in [4.69, 9.17) is 4.74 Å². The number of hydrogen-bond acceptors (Lipinski definition) is 6. The Morgan fingerprint density at radius 1 is 1.14 bits per heavy atom. The number of para-hydroxylation sites is 1. The monoisotopic (exact) mass is 379 g/mol. The van der Waals surface area contributed by atoms with Gasteiger partial charge in [-0.2, -0.15) is 0 Å². The molecule has 3 N–H and O–H groups in total. The third-order valence-electron chi connectivity index (χ3n) is 4.61. The molecule has 28 heavy (non-hydrogen) atoms. The van der Waals surface area contributed by atoms with E-state index in [1.54, 1.807) is 6.07 Å². The summed E-state index contributed by atoms with van der Waals surface area (Å²) in [5.74, 6) is -0.536. The van der Waals surface area contributed by atoms with Crippen molar-refractivity contribution >= 4 is 33.9 Å². The molecular formula is C20H21N5O3. The quantitative estimate of drug-likeness (QED) is 0.590. The Bertz CT molecular complexity index is 991. The number of azo groups is 1. The smallest absolute Gasteiger partial charge is 0.283 e. The second-order valence-corrected chi connectivity index (χ2v) is 6.46. The zero-order valence-electron chi connectivity index (χ0n) is 15.3. The van der Waals surface area contributed by atoms with Crippen molar-refractivity contribution in [2.24, 2.45) is 10.2 Å². The number of ether oxygens (including phenoxy) is 1. The van der Waals surface area contributed by atoms with E-state index in [0.29, 0.717) is 5.39 Å². The molecule has 0 spiro atoms. The number of nitrogens with one attached hydrogen (secondary N) is 2. The number of morpholine rings is 1. The normalized spacial score (nSPS) is 14.6. The minimum absolute atomic E-state index is 0.0174. The highest BCUT2D eigenvalue weighted by molar-refractivity contribution is 5.94. The number of H-pyrrole nitrogens is 1. The molecule has 0 unspecified atom stereocenters. The van der Waals surface area contributed by atoms with Gasteiger partial charge in [0.2, 0.25) is 5.88 Å². The number of aromatic amines is 1. The molecule has 0 saturated carbocycles. The first-order valence-electron chi connectivity index (χ1n) is 9.11. The Hall–Kier alpha value is -3.39. The second kappa shape index (κ2) is 8.10. The van der Waals surface area contributed by atoms with Crippen molar-refractivity contribution in [1.29, 1.82) is 0 Å². The van der Waals surface area contributed by atoms with E-state index in [2.05, 4.69) is 25.4 Å². The third kappa shape index (κ3) is 3.96. The van der Waals surface area contributed by atoms with Crippen LogP contribution in [0.3, 0.4) is 0 Å². The predicted molar refractivity (Wildman–Crippen MR) is 107 cm³/mol. The summed E-state index contributed by atoms with van der Waals surface area (Å²) in [6.07, 6.45) is 0. The van der Waals surface area contributed by atoms with E-state index in [0.717, 1.165) is 43.2 Å². The maximum atomic E-state index is 12.0. The topological polar surface area (TPSA) is 102 Å². The van der Waals surface area contributed by atoms with Gasteiger partial charge in [-0.1, -0.05) is 18.2 Å². The van der Waals surface area contributed by atoms with Gasteiger partial charge in [0.05, 0.1) is 25.3 Å². The van der Waals surface area contributed by atoms with Gasteiger partial charge < -0.3 is 25.0 Å². The van der Waals surface area contributed by atoms with Crippen LogP contribution in [0.1, 0.15) is 0 Å². The van der Waals surface area contributed by atoms with E-state index in [-0.39, 0.29) is 18.1 Å². The first kappa shape index (κ1) is 18.0. The average molecular weight is 379 g/mol. The van der Waals surface area contributed by atoms with Crippen molar-refractivity contribution in [2.75, 3.05) is 43.1 Å². The molecule has 1 fully saturated rings. The number of anilines is 2. The van der Waals surface area contributed by atoms with Gasteiger partial charge in [0.25, 0.3) is 5.91 Å². The largest absolute Gasteiger partial charge is 0.493 e. The molecule has 4 rings (SSSR count). The van der Waals surface area contributed by atoms with Crippen LogP contribution in [0.2, 0.25) is 0 Å². The summed E-state index contributed by atoms with van der Waals surface area (Å²) in [5, 5.41) is 21.3. The number of rotatable bonds is 5. The zero-order chi connectivity index (χ0) is 19.3. The van der Waals surface area contributed by atoms with Crippen LogP contribution in [-0.4, -0.2) is 48.8 Å². The standard InChI is InChI=1S/C20H21N5O3/c26-18(23-24-19-16-3-1-2-4-17(16)22-20(19)27)13-21-14-5-7-15(8-6-14)25-9-11-28-12-10-25/h1-8,21-22,27H,9-13H2. The lowest BCUT2D eigenvalue weighted by Gasteiger charge is -2.28. The van der Waals surface area contributed by atoms with Crippen molar-refractivity contribution in [3.05, 3.63) is 48.5 Å². The Morgan fingerprint density at radius 3 is 2.68 bits per heavy atom. The fourth-order valence-electron chi connectivity index (χ4n) is 3.14. The van der Waals surface area contributed by atoms with Crippen molar-refractivity contribution < 1.29 is 14.6 Å². The molecule has 0 atom stereocenters. The molecule has 1 amide bonds. The minimum atomic E-state index is -0.429. The molecular weight excluding hydrogens is 358 g/mol. The van der Waals surface area contributed by atoms with Gasteiger partial charge in [-0.05, 0) is 30.3 Å². The number of carbonyl (C=O) groups is 1. The molecule has 8 nitrogen and oxygen atoms in total. The SMILES string of the molecule is O=C(CNc1ccc(N2CCOCC2)cc1)N=Nc1c(O)[nH]c2ccccc12. The lowest BCUT2D eigenvalue weighted by atomic mass is 10.2. The highest BCUT2D eigenvalue weighted by atomic mass is 16.5. The summed E-state index contributed by atoms with van der Waals surface area (Å²) >= 11 is 0. The number of amides is 1. The fraction of sp³-hybridized carbons (Fsp3) is 0.250. The molecule has 1 aromatic heterocycles. The Balaban J connectivity index is 1.35. The summed E-state index contributed by atoms with van der Waals surface area (Å²) in [5.41, 5.74) is 2.96. The molecule has 0 aliphatic carbocycles. The lowest BCUT2D eigenvalue weighted by Crippen LogP contribution is -2.36. The van der Waals surface area contributed by atoms with E-state index in [1.165, 1.54) is 0 Å². The molecule has 8 heteroatoms. The van der Waals surface area contributed by atoms with Gasteiger partial charge in [0.15, 0.2) is 5.69 Å². The summed E-state index contributed by atoms with van der Waals surface area (Å²) in [6, 6.07) is 15.2. The highest BCUT2D eigenvalue weighted by Gasteiger charge is 2.12. The Labute approximate surface area is 161 Å². The van der Waals surface area contributed by atoms with Crippen LogP contribution in [0.4, 0.5) is 17.1 Å². The molecule has 0 bridgehead atoms. The summed E-state index contributed by atoms with van der Waals surface area (Å²) in [4.78, 5) is 17.1. The molecule has 1 aliphatic rings. The van der Waals surface area contributed by atoms with Gasteiger partial charge >= 0.3 is 0 Å². The molecule has 1 saturated heterocycles. The zero-order valence-corrected chi connectivity index (χ0v) is 15.3. The molecule has 2 aromatic carbocycles. The van der Waals surface area contributed by atoms with E-state index in [9.17, 15) is 9.90 Å². The summed E-state index contributed by atoms with van der Waals surface area (Å²) < 4.78 is 5.36. The number of hydrogen-bond donors (Lipinski definition) is 3. The number of nitrogens with zero attached hydrogens (tertiary/aromatic N) is 3. The van der Waals surface area contributed by atoms with Gasteiger partial charge in [-0.15, -0.1) is 10.2 Å². The maximum absolute atomic E-state index is 12.0. The van der Waals surface area contributed by atoms with E-state index >= 15 is 0 Å². The predicted octanol–water partition coefficient (Wildman–Crippen LogP) is 3.43. The first-order valence-corrected chi connectivity index (χ1v) is 9.11. The highest BCUT2D eigenvalue weighted by Crippen LogP contribution is 2.35. The number of aromatic hydroxyl groups is 1. The molecule has 1 aliphatic heterocycles. The van der Waals surface area contributed by atoms with Crippen molar-refractivity contribution in [2.45, 2.75) is 0 Å². The number of aromatic nitrogens is 1. The third-order valence-corrected chi connectivity index (χ3v) is 4.61. The first-order chi connectivity index (χ1) is 13.7. The van der Waals surface area contributed by atoms with Gasteiger partial charge in [0, 0.05) is 29.9 Å². The lowest BCUT2D eigenvalue weighted by molar-refractivity contribution is -0.116. The van der Waals surface area contributed by atoms with Gasteiger partial charge in [-0.25, -0.2) is 0 Å². The minimum Gasteiger partial charge on any atom is -0.493 e. The van der Waals surface area contributed by atoms with Crippen LogP contribution < -0.4 is 10.2 Å². The van der Waals surface area contributed by atoms with Gasteiger partial charge in [-0.3, -0.25) is 4.79 Å². The van der Waals surface area contributed by atoms with Crippen molar-refractivity contribution in [3.8, 4) is 5.88 Å². The number of fused-ring (bicyclic) bond motifs is 1. The summed E-state index contributed by atoms with van der Waals surface area (Å²) in [7, 11) is 0.